The molecule has 0 radical (unpaired) electrons. The lowest BCUT2D eigenvalue weighted by molar-refractivity contribution is -0.123. The maximum atomic E-state index is 12.2. The Kier molecular flexibility index (Phi) is 4.97. The number of piperidine rings is 1. The molecule has 3 rings (SSSR count). The van der Waals surface area contributed by atoms with Gasteiger partial charge in [0.15, 0.2) is 0 Å². The molecule has 1 aliphatic heterocycles. The van der Waals surface area contributed by atoms with Crippen molar-refractivity contribution in [2.24, 2.45) is 0 Å². The normalized spacial score (nSPS) is 21.7. The first kappa shape index (κ1) is 16.0. The van der Waals surface area contributed by atoms with Gasteiger partial charge in [0, 0.05) is 19.1 Å². The van der Waals surface area contributed by atoms with Crippen LogP contribution in [-0.2, 0) is 10.2 Å². The molecule has 1 aliphatic carbocycles. The topological polar surface area (TPSA) is 56.1 Å². The third-order valence-electron chi connectivity index (χ3n) is 5.34. The van der Waals surface area contributed by atoms with Gasteiger partial charge in [-0.15, -0.1) is 0 Å². The summed E-state index contributed by atoms with van der Waals surface area (Å²) in [6.45, 7) is 2.08. The van der Waals surface area contributed by atoms with Gasteiger partial charge in [-0.25, -0.2) is 0 Å². The smallest absolute Gasteiger partial charge is 0.234 e. The summed E-state index contributed by atoms with van der Waals surface area (Å²) in [7, 11) is 0. The predicted octanol–water partition coefficient (Wildman–Crippen LogP) is 2.60. The third-order valence-corrected chi connectivity index (χ3v) is 5.34. The highest BCUT2D eigenvalue weighted by atomic mass is 16.2. The van der Waals surface area contributed by atoms with E-state index in [0.29, 0.717) is 12.6 Å². The van der Waals surface area contributed by atoms with Crippen LogP contribution in [0.5, 0.6) is 0 Å². The minimum atomic E-state index is -0.389. The molecule has 0 atom stereocenters. The summed E-state index contributed by atoms with van der Waals surface area (Å²) in [5, 5.41) is 12.9. The Balaban J connectivity index is 1.53. The van der Waals surface area contributed by atoms with E-state index in [-0.39, 0.29) is 11.3 Å². The molecule has 1 saturated heterocycles. The minimum absolute atomic E-state index is 0.140. The molecule has 4 nitrogen and oxygen atoms in total. The van der Waals surface area contributed by atoms with Crippen molar-refractivity contribution in [1.82, 2.24) is 10.2 Å². The molecular formula is C19H25N3O. The number of benzene rings is 1. The van der Waals surface area contributed by atoms with Crippen LogP contribution in [0.4, 0.5) is 0 Å². The summed E-state index contributed by atoms with van der Waals surface area (Å²) < 4.78 is 0. The quantitative estimate of drug-likeness (QED) is 0.930. The van der Waals surface area contributed by atoms with E-state index in [2.05, 4.69) is 16.3 Å². The molecular weight excluding hydrogens is 286 g/mol. The van der Waals surface area contributed by atoms with Crippen molar-refractivity contribution < 1.29 is 4.79 Å². The van der Waals surface area contributed by atoms with Crippen LogP contribution in [0, 0.1) is 11.3 Å². The van der Waals surface area contributed by atoms with E-state index in [4.69, 9.17) is 0 Å². The highest BCUT2D eigenvalue weighted by molar-refractivity contribution is 5.78. The molecule has 2 aliphatic rings. The predicted molar refractivity (Wildman–Crippen MR) is 89.8 cm³/mol. The molecule has 1 amide bonds. The van der Waals surface area contributed by atoms with Gasteiger partial charge in [-0.2, -0.15) is 5.26 Å². The van der Waals surface area contributed by atoms with Gasteiger partial charge in [-0.05, 0) is 31.2 Å². The third kappa shape index (κ3) is 3.73. The molecule has 0 bridgehead atoms. The van der Waals surface area contributed by atoms with Crippen LogP contribution in [0.25, 0.3) is 0 Å². The fraction of sp³-hybridized carbons (Fsp3) is 0.579. The summed E-state index contributed by atoms with van der Waals surface area (Å²) in [6, 6.07) is 13.0. The van der Waals surface area contributed by atoms with Crippen LogP contribution in [0.2, 0.25) is 0 Å². The summed E-state index contributed by atoms with van der Waals surface area (Å²) in [4.78, 5) is 14.3. The number of hydrogen-bond donors (Lipinski definition) is 1. The Morgan fingerprint density at radius 1 is 1.22 bits per heavy atom. The summed E-state index contributed by atoms with van der Waals surface area (Å²) in [5.41, 5.74) is 0.720. The van der Waals surface area contributed by atoms with Crippen molar-refractivity contribution >= 4 is 5.91 Å². The molecule has 4 heteroatoms. The van der Waals surface area contributed by atoms with E-state index in [9.17, 15) is 10.1 Å². The average molecular weight is 311 g/mol. The van der Waals surface area contributed by atoms with Gasteiger partial charge in [-0.3, -0.25) is 9.69 Å². The van der Waals surface area contributed by atoms with E-state index in [1.807, 2.05) is 30.3 Å². The maximum Gasteiger partial charge on any atom is 0.234 e. The zero-order valence-corrected chi connectivity index (χ0v) is 13.6. The highest BCUT2D eigenvalue weighted by Gasteiger charge is 2.36. The second-order valence-electron chi connectivity index (χ2n) is 6.88. The number of nitriles is 1. The second kappa shape index (κ2) is 7.14. The van der Waals surface area contributed by atoms with Gasteiger partial charge < -0.3 is 5.32 Å². The van der Waals surface area contributed by atoms with Gasteiger partial charge in [0.25, 0.3) is 0 Å². The van der Waals surface area contributed by atoms with E-state index in [1.165, 1.54) is 12.8 Å². The number of likely N-dealkylation sites (tertiary alicyclic amines) is 1. The van der Waals surface area contributed by atoms with Gasteiger partial charge in [0.1, 0.15) is 0 Å². The summed E-state index contributed by atoms with van der Waals surface area (Å²) in [6.07, 6.45) is 6.30. The standard InChI is InChI=1S/C19H25N3O/c20-15-19(16-6-2-1-3-7-16)10-12-22(13-11-19)14-18(23)21-17-8-4-5-9-17/h1-3,6-7,17H,4-5,8-14H2,(H,21,23). The van der Waals surface area contributed by atoms with Gasteiger partial charge in [0.05, 0.1) is 18.0 Å². The van der Waals surface area contributed by atoms with Gasteiger partial charge >= 0.3 is 0 Å². The zero-order chi connectivity index (χ0) is 16.1. The van der Waals surface area contributed by atoms with E-state index in [1.54, 1.807) is 0 Å². The first-order valence-corrected chi connectivity index (χ1v) is 8.70. The Labute approximate surface area is 138 Å². The lowest BCUT2D eigenvalue weighted by Crippen LogP contribution is -2.47. The summed E-state index contributed by atoms with van der Waals surface area (Å²) >= 11 is 0. The van der Waals surface area contributed by atoms with Crippen molar-refractivity contribution in [3.05, 3.63) is 35.9 Å². The van der Waals surface area contributed by atoms with Crippen LogP contribution in [-0.4, -0.2) is 36.5 Å². The van der Waals surface area contributed by atoms with Crippen molar-refractivity contribution in [2.75, 3.05) is 19.6 Å². The van der Waals surface area contributed by atoms with Crippen molar-refractivity contribution in [1.29, 1.82) is 5.26 Å². The SMILES string of the molecule is N#CC1(c2ccccc2)CCN(CC(=O)NC2CCCC2)CC1. The Morgan fingerprint density at radius 2 is 1.87 bits per heavy atom. The van der Waals surface area contributed by atoms with Gasteiger partial charge in [-0.1, -0.05) is 43.2 Å². The molecule has 1 heterocycles. The molecule has 1 saturated carbocycles. The number of hydrogen-bond acceptors (Lipinski definition) is 3. The Morgan fingerprint density at radius 3 is 2.48 bits per heavy atom. The molecule has 122 valence electrons. The lowest BCUT2D eigenvalue weighted by atomic mass is 9.74. The second-order valence-corrected chi connectivity index (χ2v) is 6.88. The average Bonchev–Trinajstić information content (AvgIpc) is 3.09. The maximum absolute atomic E-state index is 12.2. The molecule has 23 heavy (non-hydrogen) atoms. The van der Waals surface area contributed by atoms with Crippen LogP contribution >= 0.6 is 0 Å². The number of nitrogens with zero attached hydrogens (tertiary/aromatic N) is 2. The number of carbonyl (C=O) groups is 1. The molecule has 1 N–H and O–H groups in total. The van der Waals surface area contributed by atoms with Crippen molar-refractivity contribution in [3.8, 4) is 6.07 Å². The van der Waals surface area contributed by atoms with Crippen molar-refractivity contribution in [3.63, 3.8) is 0 Å². The van der Waals surface area contributed by atoms with Crippen LogP contribution in [0.1, 0.15) is 44.1 Å². The number of amides is 1. The molecule has 0 unspecified atom stereocenters. The molecule has 1 aromatic carbocycles. The zero-order valence-electron chi connectivity index (χ0n) is 13.6. The minimum Gasteiger partial charge on any atom is -0.352 e. The van der Waals surface area contributed by atoms with Crippen molar-refractivity contribution in [2.45, 2.75) is 50.0 Å². The summed E-state index contributed by atoms with van der Waals surface area (Å²) in [5.74, 6) is 0.140. The molecule has 0 aromatic heterocycles. The molecule has 2 fully saturated rings. The lowest BCUT2D eigenvalue weighted by Gasteiger charge is -2.37. The molecule has 1 aromatic rings. The Hall–Kier alpha value is -1.86. The number of nitrogens with one attached hydrogen (secondary N) is 1. The monoisotopic (exact) mass is 311 g/mol. The first-order valence-electron chi connectivity index (χ1n) is 8.70. The van der Waals surface area contributed by atoms with Crippen LogP contribution in [0.15, 0.2) is 30.3 Å². The highest BCUT2D eigenvalue weighted by Crippen LogP contribution is 2.34. The first-order chi connectivity index (χ1) is 11.2. The van der Waals surface area contributed by atoms with E-state index >= 15 is 0 Å². The number of rotatable bonds is 4. The van der Waals surface area contributed by atoms with E-state index < -0.39 is 0 Å². The van der Waals surface area contributed by atoms with Crippen LogP contribution in [0.3, 0.4) is 0 Å². The van der Waals surface area contributed by atoms with E-state index in [0.717, 1.165) is 44.3 Å². The van der Waals surface area contributed by atoms with Gasteiger partial charge in [0.2, 0.25) is 5.91 Å². The number of carbonyl (C=O) groups excluding carboxylic acids is 1. The van der Waals surface area contributed by atoms with Crippen LogP contribution < -0.4 is 5.32 Å². The Bertz CT molecular complexity index is 564. The molecule has 0 spiro atoms. The largest absolute Gasteiger partial charge is 0.352 e. The fourth-order valence-corrected chi connectivity index (χ4v) is 3.86. The fourth-order valence-electron chi connectivity index (χ4n) is 3.86.